The average Bonchev–Trinajstić information content (AvgIpc) is 2.85. The summed E-state index contributed by atoms with van der Waals surface area (Å²) in [4.78, 5) is 0. The quantitative estimate of drug-likeness (QED) is 0.845. The third-order valence-corrected chi connectivity index (χ3v) is 2.81. The monoisotopic (exact) mass is 286 g/mol. The van der Waals surface area contributed by atoms with E-state index >= 15 is 0 Å². The third-order valence-electron chi connectivity index (χ3n) is 2.81. The maximum Gasteiger partial charge on any atom is 0.195 e. The number of hydrogen-bond donors (Lipinski definition) is 1. The van der Waals surface area contributed by atoms with Crippen molar-refractivity contribution in [2.24, 2.45) is 5.73 Å². The second kappa shape index (κ2) is 6.02. The number of methoxy groups -OCH3 is 1. The van der Waals surface area contributed by atoms with E-state index in [1.165, 1.54) is 11.7 Å². The van der Waals surface area contributed by atoms with Crippen molar-refractivity contribution < 1.29 is 17.9 Å². The maximum atomic E-state index is 13.8. The highest BCUT2D eigenvalue weighted by Crippen LogP contribution is 2.25. The Morgan fingerprint density at radius 2 is 1.95 bits per heavy atom. The Balaban J connectivity index is 2.52. The molecule has 0 amide bonds. The molecule has 0 aliphatic heterocycles. The molecule has 1 heterocycles. The van der Waals surface area contributed by atoms with Gasteiger partial charge in [0.2, 0.25) is 0 Å². The van der Waals surface area contributed by atoms with Crippen LogP contribution in [0.2, 0.25) is 0 Å². The van der Waals surface area contributed by atoms with E-state index in [1.807, 2.05) is 0 Å². The highest BCUT2D eigenvalue weighted by molar-refractivity contribution is 5.56. The molecule has 0 bridgehead atoms. The van der Waals surface area contributed by atoms with Crippen LogP contribution in [0.4, 0.5) is 13.2 Å². The van der Waals surface area contributed by atoms with Gasteiger partial charge in [-0.1, -0.05) is 0 Å². The second-order valence-corrected chi connectivity index (χ2v) is 4.01. The highest BCUT2D eigenvalue weighted by atomic mass is 19.2. The van der Waals surface area contributed by atoms with Crippen LogP contribution in [0, 0.1) is 17.5 Å². The summed E-state index contributed by atoms with van der Waals surface area (Å²) in [6, 6.07) is 1.95. The van der Waals surface area contributed by atoms with Gasteiger partial charge < -0.3 is 15.0 Å². The van der Waals surface area contributed by atoms with Gasteiger partial charge in [-0.2, -0.15) is 0 Å². The van der Waals surface area contributed by atoms with Gasteiger partial charge in [0.25, 0.3) is 0 Å². The molecule has 2 rings (SSSR count). The Morgan fingerprint density at radius 3 is 2.60 bits per heavy atom. The van der Waals surface area contributed by atoms with Crippen LogP contribution in [0.25, 0.3) is 11.4 Å². The van der Waals surface area contributed by atoms with Gasteiger partial charge in [-0.25, -0.2) is 13.2 Å². The third kappa shape index (κ3) is 2.52. The van der Waals surface area contributed by atoms with Crippen molar-refractivity contribution in [1.29, 1.82) is 0 Å². The molecule has 2 N–H and O–H groups in total. The van der Waals surface area contributed by atoms with Crippen LogP contribution in [0.15, 0.2) is 12.1 Å². The predicted molar refractivity (Wildman–Crippen MR) is 65.1 cm³/mol. The van der Waals surface area contributed by atoms with Crippen molar-refractivity contribution in [1.82, 2.24) is 14.8 Å². The molecule has 0 unspecified atom stereocenters. The Kier molecular flexibility index (Phi) is 4.35. The van der Waals surface area contributed by atoms with Gasteiger partial charge in [-0.15, -0.1) is 10.2 Å². The van der Waals surface area contributed by atoms with Crippen LogP contribution in [0.3, 0.4) is 0 Å². The van der Waals surface area contributed by atoms with E-state index in [0.29, 0.717) is 19.0 Å². The molecule has 0 aliphatic carbocycles. The van der Waals surface area contributed by atoms with E-state index in [-0.39, 0.29) is 17.9 Å². The lowest BCUT2D eigenvalue weighted by molar-refractivity contribution is 0.186. The van der Waals surface area contributed by atoms with Crippen LogP contribution >= 0.6 is 0 Å². The fourth-order valence-corrected chi connectivity index (χ4v) is 1.80. The lowest BCUT2D eigenvalue weighted by atomic mass is 10.2. The molecular weight excluding hydrogens is 273 g/mol. The topological polar surface area (TPSA) is 66.0 Å². The molecule has 0 spiro atoms. The molecule has 108 valence electrons. The molecule has 0 radical (unpaired) electrons. The molecule has 20 heavy (non-hydrogen) atoms. The van der Waals surface area contributed by atoms with E-state index in [2.05, 4.69) is 10.2 Å². The van der Waals surface area contributed by atoms with E-state index < -0.39 is 17.5 Å². The molecular formula is C12H13F3N4O. The van der Waals surface area contributed by atoms with E-state index in [9.17, 15) is 13.2 Å². The van der Waals surface area contributed by atoms with Crippen molar-refractivity contribution >= 4 is 0 Å². The fourth-order valence-electron chi connectivity index (χ4n) is 1.80. The Hall–Kier alpha value is -1.93. The van der Waals surface area contributed by atoms with Crippen molar-refractivity contribution in [3.63, 3.8) is 0 Å². The smallest absolute Gasteiger partial charge is 0.195 e. The van der Waals surface area contributed by atoms with Crippen molar-refractivity contribution in [3.05, 3.63) is 35.4 Å². The summed E-state index contributed by atoms with van der Waals surface area (Å²) < 4.78 is 46.5. The molecule has 0 saturated carbocycles. The molecule has 0 saturated heterocycles. The minimum Gasteiger partial charge on any atom is -0.383 e. The molecule has 0 aliphatic rings. The number of benzene rings is 1. The molecule has 1 aromatic heterocycles. The minimum atomic E-state index is -1.54. The zero-order valence-electron chi connectivity index (χ0n) is 10.7. The average molecular weight is 286 g/mol. The van der Waals surface area contributed by atoms with Gasteiger partial charge in [0.05, 0.1) is 18.7 Å². The van der Waals surface area contributed by atoms with Crippen LogP contribution in [-0.4, -0.2) is 28.5 Å². The van der Waals surface area contributed by atoms with Crippen molar-refractivity contribution in [2.45, 2.75) is 13.1 Å². The molecule has 2 aromatic rings. The first-order chi connectivity index (χ1) is 9.60. The number of nitrogens with two attached hydrogens (primary N) is 1. The van der Waals surface area contributed by atoms with Gasteiger partial charge >= 0.3 is 0 Å². The zero-order chi connectivity index (χ0) is 14.7. The number of hydrogen-bond acceptors (Lipinski definition) is 4. The Bertz CT molecular complexity index is 615. The van der Waals surface area contributed by atoms with Crippen LogP contribution in [-0.2, 0) is 17.8 Å². The lowest BCUT2D eigenvalue weighted by Gasteiger charge is -2.10. The number of halogens is 3. The van der Waals surface area contributed by atoms with Crippen LogP contribution in [0.1, 0.15) is 5.82 Å². The first-order valence-electron chi connectivity index (χ1n) is 5.85. The molecule has 0 atom stereocenters. The Labute approximate surface area is 113 Å². The number of rotatable bonds is 5. The molecule has 0 fully saturated rings. The summed E-state index contributed by atoms with van der Waals surface area (Å²) >= 11 is 0. The molecule has 5 nitrogen and oxygen atoms in total. The van der Waals surface area contributed by atoms with E-state index in [0.717, 1.165) is 12.1 Å². The Morgan fingerprint density at radius 1 is 1.20 bits per heavy atom. The van der Waals surface area contributed by atoms with Gasteiger partial charge in [-0.05, 0) is 12.1 Å². The normalized spacial score (nSPS) is 11.1. The van der Waals surface area contributed by atoms with Crippen molar-refractivity contribution in [2.75, 3.05) is 13.7 Å². The van der Waals surface area contributed by atoms with Gasteiger partial charge in [0, 0.05) is 13.7 Å². The van der Waals surface area contributed by atoms with Gasteiger partial charge in [-0.3, -0.25) is 0 Å². The van der Waals surface area contributed by atoms with E-state index in [4.69, 9.17) is 10.5 Å². The summed E-state index contributed by atoms with van der Waals surface area (Å²) in [5, 5.41) is 7.60. The summed E-state index contributed by atoms with van der Waals surface area (Å²) in [6.45, 7) is 0.731. The van der Waals surface area contributed by atoms with Crippen LogP contribution in [0.5, 0.6) is 0 Å². The highest BCUT2D eigenvalue weighted by Gasteiger charge is 2.20. The van der Waals surface area contributed by atoms with Crippen molar-refractivity contribution in [3.8, 4) is 11.4 Å². The minimum absolute atomic E-state index is 0.0823. The summed E-state index contributed by atoms with van der Waals surface area (Å²) in [7, 11) is 1.50. The molecule has 1 aromatic carbocycles. The predicted octanol–water partition coefficient (Wildman–Crippen LogP) is 1.47. The number of aromatic nitrogens is 3. The first-order valence-corrected chi connectivity index (χ1v) is 5.85. The van der Waals surface area contributed by atoms with E-state index in [1.54, 1.807) is 0 Å². The number of ether oxygens (including phenoxy) is 1. The molecule has 8 heteroatoms. The van der Waals surface area contributed by atoms with Gasteiger partial charge in [0.1, 0.15) is 5.82 Å². The first kappa shape index (κ1) is 14.5. The maximum absolute atomic E-state index is 13.8. The standard InChI is InChI=1S/C12H13F3N4O/c1-20-5-4-19-9(6-16)17-18-12(19)7-2-3-8(13)11(15)10(7)14/h2-3H,4-6,16H2,1H3. The van der Waals surface area contributed by atoms with Gasteiger partial charge in [0.15, 0.2) is 23.3 Å². The summed E-state index contributed by atoms with van der Waals surface area (Å²) in [5.41, 5.74) is 5.34. The SMILES string of the molecule is COCCn1c(CN)nnc1-c1ccc(F)c(F)c1F. The second-order valence-electron chi connectivity index (χ2n) is 4.01. The van der Waals surface area contributed by atoms with Crippen LogP contribution < -0.4 is 5.73 Å². The lowest BCUT2D eigenvalue weighted by Crippen LogP contribution is -2.13. The fraction of sp³-hybridized carbons (Fsp3) is 0.333. The largest absolute Gasteiger partial charge is 0.383 e. The number of nitrogens with zero attached hydrogens (tertiary/aromatic N) is 3. The summed E-state index contributed by atoms with van der Waals surface area (Å²) in [6.07, 6.45) is 0. The summed E-state index contributed by atoms with van der Waals surface area (Å²) in [5.74, 6) is -3.62. The zero-order valence-corrected chi connectivity index (χ0v) is 10.7.